The molecule has 0 saturated carbocycles. The predicted molar refractivity (Wildman–Crippen MR) is 56.2 cm³/mol. The molecule has 0 fully saturated rings. The summed E-state index contributed by atoms with van der Waals surface area (Å²) in [5.41, 5.74) is 0.973. The van der Waals surface area contributed by atoms with Gasteiger partial charge in [-0.1, -0.05) is 0 Å². The van der Waals surface area contributed by atoms with Crippen molar-refractivity contribution in [2.24, 2.45) is 0 Å². The molecule has 0 atom stereocenters. The Hall–Kier alpha value is -0.775. The monoisotopic (exact) mass is 425 g/mol. The predicted octanol–water partition coefficient (Wildman–Crippen LogP) is 1.61. The van der Waals surface area contributed by atoms with E-state index in [9.17, 15) is 14.0 Å². The topological polar surface area (TPSA) is 43.4 Å². The number of Topliss-reactive ketones (excluding diaryl/α,β-unsaturated/α-hetero) is 1. The molecule has 0 radical (unpaired) electrons. The van der Waals surface area contributed by atoms with Crippen LogP contribution >= 0.6 is 0 Å². The zero-order chi connectivity index (χ0) is 12.7. The molecule has 0 aliphatic heterocycles. The van der Waals surface area contributed by atoms with Crippen LogP contribution in [-0.2, 0) is 42.1 Å². The number of alkyl halides is 1. The Bertz CT molecular complexity index is 389. The third-order valence-corrected chi connectivity index (χ3v) is 3.75. The summed E-state index contributed by atoms with van der Waals surface area (Å²) >= 11 is -0.111. The van der Waals surface area contributed by atoms with E-state index >= 15 is 0 Å². The second kappa shape index (κ2) is 7.53. The minimum atomic E-state index is -0.514. The molecule has 0 spiro atoms. The number of hydrogen-bond acceptors (Lipinski definition) is 3. The van der Waals surface area contributed by atoms with Crippen molar-refractivity contribution in [1.29, 1.82) is 0 Å². The molecule has 1 aromatic rings. The molecule has 0 unspecified atom stereocenters. The number of carbonyl (C=O) groups excluding carboxylic acids is 2. The van der Waals surface area contributed by atoms with E-state index in [-0.39, 0.29) is 48.2 Å². The Morgan fingerprint density at radius 3 is 2.41 bits per heavy atom. The van der Waals surface area contributed by atoms with E-state index in [2.05, 4.69) is 0 Å². The number of aryl methyl sites for hydroxylation is 1. The molecule has 1 rings (SSSR count). The van der Waals surface area contributed by atoms with E-state index in [1.54, 1.807) is 12.1 Å². The van der Waals surface area contributed by atoms with Crippen LogP contribution in [0.15, 0.2) is 24.3 Å². The second-order valence-corrected chi connectivity index (χ2v) is 6.02. The van der Waals surface area contributed by atoms with Crippen molar-refractivity contribution in [1.82, 2.24) is 0 Å². The van der Waals surface area contributed by atoms with Crippen LogP contribution in [0.3, 0.4) is 0 Å². The molecule has 1 aromatic carbocycles. The van der Waals surface area contributed by atoms with Gasteiger partial charge in [-0.25, -0.2) is 0 Å². The molecule has 0 aliphatic rings. The molecule has 5 heteroatoms. The Morgan fingerprint density at radius 2 is 1.88 bits per heavy atom. The van der Waals surface area contributed by atoms with E-state index in [1.807, 2.05) is 12.1 Å². The Labute approximate surface area is 115 Å². The van der Waals surface area contributed by atoms with Crippen LogP contribution in [-0.4, -0.2) is 22.4 Å². The summed E-state index contributed by atoms with van der Waals surface area (Å²) < 4.78 is 16.7. The minimum absolute atomic E-state index is 0.0502. The van der Waals surface area contributed by atoms with Gasteiger partial charge in [0.15, 0.2) is 0 Å². The Morgan fingerprint density at radius 1 is 1.24 bits per heavy atom. The standard InChI is InChI=1S/C12H12FO3.Hg/c13-7-8-16-12-5-2-10(3-6-12)1-4-11(15)9-14;/h2-3,5-6H,1,4,7-8H2;. The first-order chi connectivity index (χ1) is 8.13. The molecule has 0 amide bonds. The first kappa shape index (κ1) is 14.3. The van der Waals surface area contributed by atoms with E-state index in [4.69, 9.17) is 4.74 Å². The van der Waals surface area contributed by atoms with Crippen LogP contribution in [0.4, 0.5) is 4.39 Å². The normalized spacial score (nSPS) is 10.1. The number of ether oxygens (including phenoxy) is 1. The number of halogens is 1. The van der Waals surface area contributed by atoms with Crippen LogP contribution in [0.1, 0.15) is 12.0 Å². The summed E-state index contributed by atoms with van der Waals surface area (Å²) in [7, 11) is 0. The van der Waals surface area contributed by atoms with Crippen molar-refractivity contribution in [2.75, 3.05) is 13.3 Å². The molecule has 0 heterocycles. The van der Waals surface area contributed by atoms with Gasteiger partial charge in [0.1, 0.15) is 0 Å². The average Bonchev–Trinajstić information content (AvgIpc) is 2.34. The number of benzene rings is 1. The molecule has 0 aliphatic carbocycles. The fourth-order valence-corrected chi connectivity index (χ4v) is 1.99. The first-order valence-electron chi connectivity index (χ1n) is 5.30. The van der Waals surface area contributed by atoms with Gasteiger partial charge >= 0.3 is 116 Å². The van der Waals surface area contributed by atoms with Gasteiger partial charge in [0.05, 0.1) is 0 Å². The Balaban J connectivity index is 2.45. The van der Waals surface area contributed by atoms with Crippen LogP contribution in [0, 0.1) is 0 Å². The van der Waals surface area contributed by atoms with Gasteiger partial charge in [-0.3, -0.25) is 0 Å². The number of carbonyl (C=O) groups is 2. The van der Waals surface area contributed by atoms with Gasteiger partial charge in [-0.2, -0.15) is 0 Å². The molecular weight excluding hydrogens is 412 g/mol. The summed E-state index contributed by atoms with van der Waals surface area (Å²) in [6, 6.07) is 7.12. The maximum absolute atomic E-state index is 11.9. The summed E-state index contributed by atoms with van der Waals surface area (Å²) in [6.07, 6.45) is 0.832. The van der Waals surface area contributed by atoms with Gasteiger partial charge in [0.2, 0.25) is 0 Å². The average molecular weight is 424 g/mol. The van der Waals surface area contributed by atoms with Crippen molar-refractivity contribution in [3.63, 3.8) is 0 Å². The fraction of sp³-hybridized carbons (Fsp3) is 0.333. The zero-order valence-electron chi connectivity index (χ0n) is 9.45. The SMILES string of the molecule is O=[C]([Hg])C(=O)CCc1ccc(OCCF)cc1. The van der Waals surface area contributed by atoms with Gasteiger partial charge in [0, 0.05) is 0 Å². The molecule has 3 nitrogen and oxygen atoms in total. The van der Waals surface area contributed by atoms with Gasteiger partial charge in [-0.05, 0) is 0 Å². The molecule has 87 valence electrons. The van der Waals surface area contributed by atoms with Crippen molar-refractivity contribution < 1.29 is 44.8 Å². The number of ketones is 1. The van der Waals surface area contributed by atoms with E-state index in [0.717, 1.165) is 5.56 Å². The zero-order valence-corrected chi connectivity index (χ0v) is 14.9. The third-order valence-electron chi connectivity index (χ3n) is 2.22. The number of rotatable bonds is 7. The van der Waals surface area contributed by atoms with Crippen molar-refractivity contribution in [3.05, 3.63) is 29.8 Å². The molecule has 0 saturated heterocycles. The molecule has 0 aromatic heterocycles. The maximum atomic E-state index is 11.9. The van der Waals surface area contributed by atoms with Crippen LogP contribution < -0.4 is 4.74 Å². The quantitative estimate of drug-likeness (QED) is 0.494. The van der Waals surface area contributed by atoms with Gasteiger partial charge in [0.25, 0.3) is 0 Å². The second-order valence-electron chi connectivity index (χ2n) is 3.53. The molecular formula is C12H12FHgO3. The summed E-state index contributed by atoms with van der Waals surface area (Å²) in [6.45, 7) is -0.463. The van der Waals surface area contributed by atoms with Crippen molar-refractivity contribution in [2.45, 2.75) is 12.8 Å². The summed E-state index contributed by atoms with van der Waals surface area (Å²) in [5, 5.41) is 0. The van der Waals surface area contributed by atoms with E-state index in [0.29, 0.717) is 12.2 Å². The molecule has 17 heavy (non-hydrogen) atoms. The summed E-state index contributed by atoms with van der Waals surface area (Å²) in [5.74, 6) is 0.339. The van der Waals surface area contributed by atoms with Crippen LogP contribution in [0.25, 0.3) is 0 Å². The van der Waals surface area contributed by atoms with Gasteiger partial charge in [-0.15, -0.1) is 0 Å². The van der Waals surface area contributed by atoms with Gasteiger partial charge < -0.3 is 0 Å². The van der Waals surface area contributed by atoms with E-state index < -0.39 is 6.67 Å². The third kappa shape index (κ3) is 5.39. The molecule has 0 bridgehead atoms. The molecule has 0 N–H and O–H groups in total. The number of hydrogen-bond donors (Lipinski definition) is 0. The van der Waals surface area contributed by atoms with Crippen LogP contribution in [0.2, 0.25) is 0 Å². The van der Waals surface area contributed by atoms with Crippen LogP contribution in [0.5, 0.6) is 5.75 Å². The van der Waals surface area contributed by atoms with Crippen molar-refractivity contribution >= 4 is 9.08 Å². The fourth-order valence-electron chi connectivity index (χ4n) is 1.31. The summed E-state index contributed by atoms with van der Waals surface area (Å²) in [4.78, 5) is 22.0. The van der Waals surface area contributed by atoms with E-state index in [1.165, 1.54) is 0 Å². The van der Waals surface area contributed by atoms with Crippen molar-refractivity contribution in [3.8, 4) is 5.75 Å². The Kier molecular flexibility index (Phi) is 6.33. The first-order valence-corrected chi connectivity index (χ1v) is 8.05.